The molecule has 0 bridgehead atoms. The average Bonchev–Trinajstić information content (AvgIpc) is 3.74. The van der Waals surface area contributed by atoms with Gasteiger partial charge in [0.2, 0.25) is 5.89 Å². The molecule has 0 spiro atoms. The zero-order valence-corrected chi connectivity index (χ0v) is 25.4. The summed E-state index contributed by atoms with van der Waals surface area (Å²) in [4.78, 5) is 15.1. The molecule has 0 radical (unpaired) electrons. The van der Waals surface area contributed by atoms with Gasteiger partial charge in [-0.1, -0.05) is 109 Å². The number of fused-ring (bicyclic) bond motifs is 4. The summed E-state index contributed by atoms with van der Waals surface area (Å²) < 4.78 is 8.52. The Morgan fingerprint density at radius 1 is 0.457 bits per heavy atom. The summed E-state index contributed by atoms with van der Waals surface area (Å²) in [7, 11) is 0. The first kappa shape index (κ1) is 26.5. The zero-order valence-electron chi connectivity index (χ0n) is 24.6. The van der Waals surface area contributed by atoms with Crippen LogP contribution in [0.4, 0.5) is 0 Å². The highest BCUT2D eigenvalue weighted by Crippen LogP contribution is 2.42. The Morgan fingerprint density at radius 3 is 1.85 bits per heavy atom. The van der Waals surface area contributed by atoms with E-state index in [-0.39, 0.29) is 0 Å². The molecule has 0 unspecified atom stereocenters. The van der Waals surface area contributed by atoms with Crippen molar-refractivity contribution in [1.29, 1.82) is 0 Å². The fourth-order valence-corrected chi connectivity index (χ4v) is 7.19. The van der Waals surface area contributed by atoms with Crippen molar-refractivity contribution in [2.24, 2.45) is 0 Å². The fourth-order valence-electron chi connectivity index (χ4n) is 6.08. The molecule has 3 heterocycles. The summed E-state index contributed by atoms with van der Waals surface area (Å²) in [5.41, 5.74) is 9.79. The van der Waals surface area contributed by atoms with Crippen LogP contribution in [0.1, 0.15) is 0 Å². The van der Waals surface area contributed by atoms with E-state index in [9.17, 15) is 0 Å². The third kappa shape index (κ3) is 4.66. The monoisotopic (exact) mass is 607 g/mol. The fraction of sp³-hybridized carbons (Fsp3) is 0. The Balaban J connectivity index is 1.22. The lowest BCUT2D eigenvalue weighted by Crippen LogP contribution is -1.96. The molecule has 46 heavy (non-hydrogen) atoms. The second kappa shape index (κ2) is 10.9. The van der Waals surface area contributed by atoms with Gasteiger partial charge in [-0.25, -0.2) is 15.0 Å². The van der Waals surface area contributed by atoms with Crippen molar-refractivity contribution >= 4 is 42.6 Å². The maximum Gasteiger partial charge on any atom is 0.227 e. The largest absolute Gasteiger partial charge is 0.436 e. The summed E-state index contributed by atoms with van der Waals surface area (Å²) >= 11 is 1.77. The number of para-hydroxylation sites is 2. The molecule has 0 aliphatic heterocycles. The Hall–Kier alpha value is -5.91. The predicted octanol–water partition coefficient (Wildman–Crippen LogP) is 11.3. The quantitative estimate of drug-likeness (QED) is 0.195. The van der Waals surface area contributed by atoms with Gasteiger partial charge in [0.1, 0.15) is 5.52 Å². The maximum absolute atomic E-state index is 6.14. The van der Waals surface area contributed by atoms with Gasteiger partial charge in [-0.15, -0.1) is 11.3 Å². The molecule has 9 aromatic rings. The average molecular weight is 608 g/mol. The highest BCUT2D eigenvalue weighted by atomic mass is 32.1. The van der Waals surface area contributed by atoms with Gasteiger partial charge in [-0.3, -0.25) is 0 Å². The third-order valence-corrected chi connectivity index (χ3v) is 9.50. The molecule has 0 N–H and O–H groups in total. The minimum atomic E-state index is 0.614. The smallest absolute Gasteiger partial charge is 0.227 e. The molecule has 0 saturated heterocycles. The highest BCUT2D eigenvalue weighted by Gasteiger charge is 2.18. The van der Waals surface area contributed by atoms with Crippen molar-refractivity contribution in [3.05, 3.63) is 152 Å². The van der Waals surface area contributed by atoms with Gasteiger partial charge < -0.3 is 4.42 Å². The molecule has 4 nitrogen and oxygen atoms in total. The number of nitrogens with zero attached hydrogens (tertiary/aromatic N) is 3. The Kier molecular flexibility index (Phi) is 6.28. The van der Waals surface area contributed by atoms with Crippen molar-refractivity contribution in [1.82, 2.24) is 15.0 Å². The number of thiophene rings is 1. The topological polar surface area (TPSA) is 51.8 Å². The molecule has 0 fully saturated rings. The van der Waals surface area contributed by atoms with Gasteiger partial charge in [0, 0.05) is 42.4 Å². The van der Waals surface area contributed by atoms with E-state index >= 15 is 0 Å². The van der Waals surface area contributed by atoms with Crippen molar-refractivity contribution in [2.45, 2.75) is 0 Å². The van der Waals surface area contributed by atoms with Crippen LogP contribution in [0.25, 0.3) is 87.8 Å². The van der Waals surface area contributed by atoms with Crippen LogP contribution < -0.4 is 0 Å². The first-order chi connectivity index (χ1) is 22.8. The van der Waals surface area contributed by atoms with Gasteiger partial charge in [-0.05, 0) is 53.6 Å². The number of benzene rings is 6. The molecule has 3 aromatic heterocycles. The molecule has 0 aliphatic carbocycles. The lowest BCUT2D eigenvalue weighted by molar-refractivity contribution is 0.620. The van der Waals surface area contributed by atoms with Crippen molar-refractivity contribution in [3.8, 4) is 56.5 Å². The van der Waals surface area contributed by atoms with E-state index in [2.05, 4.69) is 103 Å². The number of hydrogen-bond acceptors (Lipinski definition) is 5. The molecule has 5 heteroatoms. The summed E-state index contributed by atoms with van der Waals surface area (Å²) in [5.74, 6) is 1.31. The van der Waals surface area contributed by atoms with Crippen LogP contribution in [0.3, 0.4) is 0 Å². The van der Waals surface area contributed by atoms with Crippen LogP contribution in [0.2, 0.25) is 0 Å². The second-order valence-corrected chi connectivity index (χ2v) is 12.3. The van der Waals surface area contributed by atoms with E-state index in [4.69, 9.17) is 19.4 Å². The highest BCUT2D eigenvalue weighted by molar-refractivity contribution is 7.26. The van der Waals surface area contributed by atoms with Crippen LogP contribution in [0, 0.1) is 0 Å². The molecule has 0 atom stereocenters. The van der Waals surface area contributed by atoms with Crippen LogP contribution in [0.15, 0.2) is 156 Å². The van der Waals surface area contributed by atoms with Crippen LogP contribution in [-0.2, 0) is 0 Å². The molecule has 0 saturated carbocycles. The molecule has 6 aromatic carbocycles. The minimum absolute atomic E-state index is 0.614. The van der Waals surface area contributed by atoms with Gasteiger partial charge in [0.15, 0.2) is 11.4 Å². The van der Waals surface area contributed by atoms with Gasteiger partial charge in [-0.2, -0.15) is 0 Å². The van der Waals surface area contributed by atoms with E-state index in [1.165, 1.54) is 20.5 Å². The summed E-state index contributed by atoms with van der Waals surface area (Å²) in [6, 6.07) is 52.2. The minimum Gasteiger partial charge on any atom is -0.436 e. The molecule has 0 aliphatic rings. The SMILES string of the molecule is c1ccc(-c2ccc(-c3cc(-c4ccccc4)nc(-c4cccc5sc6ccc(-c7nc8ccccc8o7)cc6c45)n3)cc2)cc1. The summed E-state index contributed by atoms with van der Waals surface area (Å²) in [6.07, 6.45) is 0. The first-order valence-electron chi connectivity index (χ1n) is 15.2. The molecular formula is C41H25N3OS. The van der Waals surface area contributed by atoms with E-state index < -0.39 is 0 Å². The van der Waals surface area contributed by atoms with E-state index in [0.717, 1.165) is 55.5 Å². The van der Waals surface area contributed by atoms with Crippen molar-refractivity contribution in [2.75, 3.05) is 0 Å². The number of aromatic nitrogens is 3. The lowest BCUT2D eigenvalue weighted by atomic mass is 10.0. The molecule has 216 valence electrons. The Bertz CT molecular complexity index is 2480. The molecule has 9 rings (SSSR count). The number of rotatable bonds is 5. The normalized spacial score (nSPS) is 11.5. The van der Waals surface area contributed by atoms with Gasteiger partial charge >= 0.3 is 0 Å². The first-order valence-corrected chi connectivity index (χ1v) is 16.0. The second-order valence-electron chi connectivity index (χ2n) is 11.2. The Labute approximate surface area is 269 Å². The van der Waals surface area contributed by atoms with Crippen LogP contribution in [-0.4, -0.2) is 15.0 Å². The number of oxazole rings is 1. The Morgan fingerprint density at radius 2 is 1.09 bits per heavy atom. The van der Waals surface area contributed by atoms with Crippen molar-refractivity contribution < 1.29 is 4.42 Å². The van der Waals surface area contributed by atoms with E-state index in [1.807, 2.05) is 48.5 Å². The summed E-state index contributed by atoms with van der Waals surface area (Å²) in [6.45, 7) is 0. The van der Waals surface area contributed by atoms with Crippen LogP contribution >= 0.6 is 11.3 Å². The maximum atomic E-state index is 6.14. The van der Waals surface area contributed by atoms with Gasteiger partial charge in [0.05, 0.1) is 11.4 Å². The van der Waals surface area contributed by atoms with E-state index in [0.29, 0.717) is 11.7 Å². The van der Waals surface area contributed by atoms with Gasteiger partial charge in [0.25, 0.3) is 0 Å². The number of hydrogen-bond donors (Lipinski definition) is 0. The zero-order chi connectivity index (χ0) is 30.5. The summed E-state index contributed by atoms with van der Waals surface area (Å²) in [5, 5.41) is 2.27. The van der Waals surface area contributed by atoms with E-state index in [1.54, 1.807) is 11.3 Å². The third-order valence-electron chi connectivity index (χ3n) is 8.36. The van der Waals surface area contributed by atoms with Crippen LogP contribution in [0.5, 0.6) is 0 Å². The van der Waals surface area contributed by atoms with Crippen molar-refractivity contribution in [3.63, 3.8) is 0 Å². The lowest BCUT2D eigenvalue weighted by Gasteiger charge is -2.11. The molecule has 0 amide bonds. The standard InChI is InChI=1S/C41H25N3OS/c1-3-10-26(11-4-1)27-18-20-29(21-19-27)35-25-34(28-12-5-2-6-13-28)42-40(43-35)31-14-9-17-38-39(31)32-24-30(22-23-37(32)46-38)41-44-33-15-7-8-16-36(33)45-41/h1-25H. The predicted molar refractivity (Wildman–Crippen MR) is 190 cm³/mol. The molecular weight excluding hydrogens is 583 g/mol.